The van der Waals surface area contributed by atoms with Gasteiger partial charge in [0.2, 0.25) is 0 Å². The Hall–Kier alpha value is -1.61. The first-order chi connectivity index (χ1) is 6.84. The van der Waals surface area contributed by atoms with Gasteiger partial charge in [-0.15, -0.1) is 0 Å². The van der Waals surface area contributed by atoms with Gasteiger partial charge in [0.1, 0.15) is 5.52 Å². The van der Waals surface area contributed by atoms with Gasteiger partial charge in [0.25, 0.3) is 5.35 Å². The molecule has 0 aliphatic rings. The smallest absolute Gasteiger partial charge is 0.293 e. The van der Waals surface area contributed by atoms with Crippen LogP contribution in [0.4, 0.5) is 0 Å². The molecule has 2 heterocycles. The lowest BCUT2D eigenvalue weighted by Crippen LogP contribution is -1.78. The number of hydrogen-bond acceptors (Lipinski definition) is 3. The molecule has 0 fully saturated rings. The molecule has 2 aromatic heterocycles. The molecule has 3 nitrogen and oxygen atoms in total. The predicted molar refractivity (Wildman–Crippen MR) is 54.3 cm³/mol. The molecule has 3 rings (SSSR count). The van der Waals surface area contributed by atoms with E-state index in [1.54, 1.807) is 6.20 Å². The minimum atomic E-state index is 0.151. The van der Waals surface area contributed by atoms with Gasteiger partial charge in [0, 0.05) is 5.39 Å². The fourth-order valence-corrected chi connectivity index (χ4v) is 1.66. The van der Waals surface area contributed by atoms with E-state index in [0.29, 0.717) is 11.1 Å². The number of rotatable bonds is 0. The first kappa shape index (κ1) is 7.76. The van der Waals surface area contributed by atoms with Gasteiger partial charge in [-0.3, -0.25) is 4.98 Å². The molecule has 0 aliphatic heterocycles. The Balaban J connectivity index is 2.60. The Morgan fingerprint density at radius 1 is 1.14 bits per heavy atom. The van der Waals surface area contributed by atoms with E-state index >= 15 is 0 Å². The second-order valence-electron chi connectivity index (χ2n) is 2.96. The summed E-state index contributed by atoms with van der Waals surface area (Å²) in [5, 5.41) is 1.09. The summed E-state index contributed by atoms with van der Waals surface area (Å²) in [7, 11) is 0. The second kappa shape index (κ2) is 2.69. The monoisotopic (exact) mass is 204 g/mol. The molecule has 0 aliphatic carbocycles. The summed E-state index contributed by atoms with van der Waals surface area (Å²) in [5.74, 6) is 0. The number of hydrogen-bond donors (Lipinski definition) is 0. The SMILES string of the molecule is Clc1nc2cnc3ccccc3c2o1. The predicted octanol–water partition coefficient (Wildman–Crippen LogP) is 3.03. The van der Waals surface area contributed by atoms with Gasteiger partial charge in [0.15, 0.2) is 5.58 Å². The van der Waals surface area contributed by atoms with E-state index in [2.05, 4.69) is 9.97 Å². The van der Waals surface area contributed by atoms with Gasteiger partial charge >= 0.3 is 0 Å². The number of benzene rings is 1. The zero-order chi connectivity index (χ0) is 9.54. The van der Waals surface area contributed by atoms with Crippen LogP contribution in [0.25, 0.3) is 22.0 Å². The summed E-state index contributed by atoms with van der Waals surface area (Å²) in [5.41, 5.74) is 2.27. The van der Waals surface area contributed by atoms with Crippen LogP contribution in [0.15, 0.2) is 34.9 Å². The molecule has 0 spiro atoms. The maximum absolute atomic E-state index is 5.68. The minimum absolute atomic E-state index is 0.151. The van der Waals surface area contributed by atoms with Crippen LogP contribution in [-0.2, 0) is 0 Å². The van der Waals surface area contributed by atoms with Gasteiger partial charge in [-0.25, -0.2) is 0 Å². The van der Waals surface area contributed by atoms with Crippen molar-refractivity contribution in [3.8, 4) is 0 Å². The van der Waals surface area contributed by atoms with Crippen molar-refractivity contribution < 1.29 is 4.42 Å². The third-order valence-electron chi connectivity index (χ3n) is 2.10. The molecule has 0 bridgehead atoms. The van der Waals surface area contributed by atoms with Crippen molar-refractivity contribution in [3.63, 3.8) is 0 Å². The Morgan fingerprint density at radius 3 is 2.93 bits per heavy atom. The molecule has 0 N–H and O–H groups in total. The van der Waals surface area contributed by atoms with Crippen molar-refractivity contribution in [2.45, 2.75) is 0 Å². The van der Waals surface area contributed by atoms with Crippen molar-refractivity contribution in [2.24, 2.45) is 0 Å². The summed E-state index contributed by atoms with van der Waals surface area (Å²) in [6.07, 6.45) is 1.66. The Kier molecular flexibility index (Phi) is 1.49. The van der Waals surface area contributed by atoms with Crippen molar-refractivity contribution >= 4 is 33.6 Å². The third-order valence-corrected chi connectivity index (χ3v) is 2.26. The molecule has 3 aromatic rings. The second-order valence-corrected chi connectivity index (χ2v) is 3.28. The minimum Gasteiger partial charge on any atom is -0.427 e. The molecule has 1 aromatic carbocycles. The molecule has 0 saturated heterocycles. The number of nitrogens with zero attached hydrogens (tertiary/aromatic N) is 2. The number of aromatic nitrogens is 2. The number of oxazole rings is 1. The molecular formula is C10H5ClN2O. The number of pyridine rings is 1. The van der Waals surface area contributed by atoms with E-state index in [4.69, 9.17) is 16.0 Å². The highest BCUT2D eigenvalue weighted by molar-refractivity contribution is 6.28. The topological polar surface area (TPSA) is 38.9 Å². The van der Waals surface area contributed by atoms with Gasteiger partial charge < -0.3 is 4.42 Å². The van der Waals surface area contributed by atoms with Crippen LogP contribution in [-0.4, -0.2) is 9.97 Å². The highest BCUT2D eigenvalue weighted by Crippen LogP contribution is 2.25. The standard InChI is InChI=1S/C10H5ClN2O/c11-10-13-8-5-12-7-4-2-1-3-6(7)9(8)14-10/h1-5H. The highest BCUT2D eigenvalue weighted by Gasteiger charge is 2.07. The lowest BCUT2D eigenvalue weighted by Gasteiger charge is -1.94. The summed E-state index contributed by atoms with van der Waals surface area (Å²) in [6.45, 7) is 0. The van der Waals surface area contributed by atoms with Crippen LogP contribution < -0.4 is 0 Å². The van der Waals surface area contributed by atoms with E-state index in [9.17, 15) is 0 Å². The summed E-state index contributed by atoms with van der Waals surface area (Å²) >= 11 is 5.68. The van der Waals surface area contributed by atoms with Gasteiger partial charge in [-0.2, -0.15) is 4.98 Å². The van der Waals surface area contributed by atoms with Gasteiger partial charge in [-0.1, -0.05) is 12.1 Å². The zero-order valence-electron chi connectivity index (χ0n) is 7.07. The molecule has 14 heavy (non-hydrogen) atoms. The largest absolute Gasteiger partial charge is 0.427 e. The molecule has 0 unspecified atom stereocenters. The fourth-order valence-electron chi connectivity index (χ4n) is 1.49. The van der Waals surface area contributed by atoms with Gasteiger partial charge in [0.05, 0.1) is 11.7 Å². The van der Waals surface area contributed by atoms with Crippen LogP contribution in [0.3, 0.4) is 0 Å². The number of fused-ring (bicyclic) bond motifs is 3. The molecule has 0 amide bonds. The van der Waals surface area contributed by atoms with Crippen molar-refractivity contribution in [3.05, 3.63) is 35.8 Å². The summed E-state index contributed by atoms with van der Waals surface area (Å²) in [6, 6.07) is 7.72. The maximum Gasteiger partial charge on any atom is 0.293 e. The maximum atomic E-state index is 5.68. The fraction of sp³-hybridized carbons (Fsp3) is 0. The van der Waals surface area contributed by atoms with Crippen LogP contribution in [0, 0.1) is 0 Å². The number of para-hydroxylation sites is 1. The van der Waals surface area contributed by atoms with E-state index in [0.717, 1.165) is 10.9 Å². The average molecular weight is 205 g/mol. The summed E-state index contributed by atoms with van der Waals surface area (Å²) in [4.78, 5) is 8.24. The van der Waals surface area contributed by atoms with Crippen molar-refractivity contribution in [1.29, 1.82) is 0 Å². The summed E-state index contributed by atoms with van der Waals surface area (Å²) < 4.78 is 5.30. The quantitative estimate of drug-likeness (QED) is 0.565. The Morgan fingerprint density at radius 2 is 2.00 bits per heavy atom. The molecule has 0 radical (unpaired) electrons. The van der Waals surface area contributed by atoms with E-state index in [1.165, 1.54) is 0 Å². The molecule has 68 valence electrons. The van der Waals surface area contributed by atoms with E-state index in [1.807, 2.05) is 24.3 Å². The average Bonchev–Trinajstić information content (AvgIpc) is 2.59. The molecule has 0 atom stereocenters. The van der Waals surface area contributed by atoms with Crippen LogP contribution in [0.2, 0.25) is 5.35 Å². The van der Waals surface area contributed by atoms with E-state index in [-0.39, 0.29) is 5.35 Å². The van der Waals surface area contributed by atoms with Gasteiger partial charge in [-0.05, 0) is 23.7 Å². The van der Waals surface area contributed by atoms with Crippen LogP contribution >= 0.6 is 11.6 Å². The highest BCUT2D eigenvalue weighted by atomic mass is 35.5. The molecular weight excluding hydrogens is 200 g/mol. The first-order valence-corrected chi connectivity index (χ1v) is 4.52. The molecule has 0 saturated carbocycles. The van der Waals surface area contributed by atoms with Crippen molar-refractivity contribution in [2.75, 3.05) is 0 Å². The Bertz CT molecular complexity index is 618. The Labute approximate surface area is 84.3 Å². The zero-order valence-corrected chi connectivity index (χ0v) is 7.82. The van der Waals surface area contributed by atoms with Crippen LogP contribution in [0.1, 0.15) is 0 Å². The normalized spacial score (nSPS) is 11.2. The lowest BCUT2D eigenvalue weighted by atomic mass is 10.2. The lowest BCUT2D eigenvalue weighted by molar-refractivity contribution is 0.607. The first-order valence-electron chi connectivity index (χ1n) is 4.14. The molecule has 4 heteroatoms. The van der Waals surface area contributed by atoms with Crippen molar-refractivity contribution in [1.82, 2.24) is 9.97 Å². The van der Waals surface area contributed by atoms with E-state index < -0.39 is 0 Å². The third kappa shape index (κ3) is 0.992. The van der Waals surface area contributed by atoms with Crippen LogP contribution in [0.5, 0.6) is 0 Å². The number of halogens is 1.